The minimum absolute atomic E-state index is 0.0490. The van der Waals surface area contributed by atoms with E-state index >= 15 is 0 Å². The fourth-order valence-electron chi connectivity index (χ4n) is 2.17. The lowest BCUT2D eigenvalue weighted by atomic mass is 9.83. The molecule has 3 nitrogen and oxygen atoms in total. The summed E-state index contributed by atoms with van der Waals surface area (Å²) in [6.07, 6.45) is 3.16. The van der Waals surface area contributed by atoms with Gasteiger partial charge in [-0.3, -0.25) is 4.79 Å². The summed E-state index contributed by atoms with van der Waals surface area (Å²) < 4.78 is 0. The van der Waals surface area contributed by atoms with Crippen LogP contribution in [0, 0.1) is 6.92 Å². The Bertz CT molecular complexity index is 423. The van der Waals surface area contributed by atoms with Crippen molar-refractivity contribution in [1.29, 1.82) is 0 Å². The van der Waals surface area contributed by atoms with Crippen LogP contribution < -0.4 is 11.1 Å². The van der Waals surface area contributed by atoms with Crippen molar-refractivity contribution in [3.05, 3.63) is 35.4 Å². The van der Waals surface area contributed by atoms with Crippen molar-refractivity contribution < 1.29 is 4.79 Å². The van der Waals surface area contributed by atoms with Crippen LogP contribution in [0.5, 0.6) is 0 Å². The van der Waals surface area contributed by atoms with Crippen LogP contribution in [-0.4, -0.2) is 18.5 Å². The summed E-state index contributed by atoms with van der Waals surface area (Å²) in [5, 5.41) is 3.09. The highest BCUT2D eigenvalue weighted by atomic mass is 16.2. The minimum Gasteiger partial charge on any atom is -0.351 e. The van der Waals surface area contributed by atoms with Crippen LogP contribution in [0.2, 0.25) is 0 Å². The number of nitrogens with one attached hydrogen (secondary N) is 1. The highest BCUT2D eigenvalue weighted by Crippen LogP contribution is 2.24. The van der Waals surface area contributed by atoms with Gasteiger partial charge in [0.05, 0.1) is 5.41 Å². The van der Waals surface area contributed by atoms with E-state index in [1.54, 1.807) is 0 Å². The lowest BCUT2D eigenvalue weighted by Crippen LogP contribution is -2.47. The van der Waals surface area contributed by atoms with E-state index in [1.807, 2.05) is 45.0 Å². The van der Waals surface area contributed by atoms with Crippen LogP contribution in [0.25, 0.3) is 0 Å². The molecule has 0 radical (unpaired) electrons. The van der Waals surface area contributed by atoms with Gasteiger partial charge in [0.2, 0.25) is 5.91 Å². The summed E-state index contributed by atoms with van der Waals surface area (Å²) in [5.41, 5.74) is 7.45. The summed E-state index contributed by atoms with van der Waals surface area (Å²) >= 11 is 0. The molecule has 0 aliphatic heterocycles. The van der Waals surface area contributed by atoms with Crippen LogP contribution in [-0.2, 0) is 10.2 Å². The maximum Gasteiger partial charge on any atom is 0.230 e. The molecule has 0 bridgehead atoms. The first-order valence-corrected chi connectivity index (χ1v) is 7.50. The van der Waals surface area contributed by atoms with Crippen molar-refractivity contribution >= 4 is 5.91 Å². The monoisotopic (exact) mass is 276 g/mol. The molecule has 1 rings (SSSR count). The van der Waals surface area contributed by atoms with Crippen molar-refractivity contribution in [3.63, 3.8) is 0 Å². The number of amides is 1. The van der Waals surface area contributed by atoms with Gasteiger partial charge in [-0.25, -0.2) is 0 Å². The maximum absolute atomic E-state index is 12.5. The molecular weight excluding hydrogens is 248 g/mol. The van der Waals surface area contributed by atoms with Gasteiger partial charge in [-0.05, 0) is 32.8 Å². The van der Waals surface area contributed by atoms with Gasteiger partial charge in [0, 0.05) is 12.6 Å². The highest BCUT2D eigenvalue weighted by molar-refractivity contribution is 5.87. The van der Waals surface area contributed by atoms with E-state index in [0.717, 1.165) is 24.8 Å². The smallest absolute Gasteiger partial charge is 0.230 e. The number of carbonyl (C=O) groups is 1. The first-order valence-electron chi connectivity index (χ1n) is 7.50. The SMILES string of the molecule is CCCCC(CN)NC(=O)C(C)(C)c1ccc(C)cc1. The Morgan fingerprint density at radius 3 is 2.40 bits per heavy atom. The Balaban J connectivity index is 2.75. The van der Waals surface area contributed by atoms with E-state index in [0.29, 0.717) is 6.54 Å². The number of carbonyl (C=O) groups excluding carboxylic acids is 1. The molecule has 0 spiro atoms. The molecule has 0 aromatic heterocycles. The molecular formula is C17H28N2O. The molecule has 3 N–H and O–H groups in total. The number of hydrogen-bond donors (Lipinski definition) is 2. The molecule has 1 atom stereocenters. The van der Waals surface area contributed by atoms with E-state index in [1.165, 1.54) is 5.56 Å². The second kappa shape index (κ2) is 7.44. The van der Waals surface area contributed by atoms with Crippen molar-refractivity contribution in [2.45, 2.75) is 58.4 Å². The zero-order valence-corrected chi connectivity index (χ0v) is 13.2. The zero-order valence-electron chi connectivity index (χ0n) is 13.2. The number of nitrogens with two attached hydrogens (primary N) is 1. The van der Waals surface area contributed by atoms with E-state index < -0.39 is 5.41 Å². The molecule has 0 heterocycles. The summed E-state index contributed by atoms with van der Waals surface area (Å²) in [7, 11) is 0. The lowest BCUT2D eigenvalue weighted by molar-refractivity contribution is -0.126. The van der Waals surface area contributed by atoms with Gasteiger partial charge in [0.25, 0.3) is 0 Å². The largest absolute Gasteiger partial charge is 0.351 e. The van der Waals surface area contributed by atoms with E-state index in [2.05, 4.69) is 12.2 Å². The van der Waals surface area contributed by atoms with Crippen LogP contribution in [0.1, 0.15) is 51.2 Å². The molecule has 20 heavy (non-hydrogen) atoms. The fourth-order valence-corrected chi connectivity index (χ4v) is 2.17. The minimum atomic E-state index is -0.534. The molecule has 1 aromatic carbocycles. The lowest BCUT2D eigenvalue weighted by Gasteiger charge is -2.27. The summed E-state index contributed by atoms with van der Waals surface area (Å²) in [6.45, 7) is 8.61. The Morgan fingerprint density at radius 1 is 1.30 bits per heavy atom. The Morgan fingerprint density at radius 2 is 1.90 bits per heavy atom. The summed E-state index contributed by atoms with van der Waals surface area (Å²) in [5.74, 6) is 0.0490. The van der Waals surface area contributed by atoms with Crippen LogP contribution in [0.3, 0.4) is 0 Å². The van der Waals surface area contributed by atoms with Crippen LogP contribution in [0.4, 0.5) is 0 Å². The van der Waals surface area contributed by atoms with Crippen molar-refractivity contribution in [2.75, 3.05) is 6.54 Å². The molecule has 0 saturated carbocycles. The number of rotatable bonds is 7. The van der Waals surface area contributed by atoms with Crippen LogP contribution >= 0.6 is 0 Å². The second-order valence-electron chi connectivity index (χ2n) is 6.04. The number of hydrogen-bond acceptors (Lipinski definition) is 2. The van der Waals surface area contributed by atoms with Crippen molar-refractivity contribution in [2.24, 2.45) is 5.73 Å². The molecule has 1 unspecified atom stereocenters. The van der Waals surface area contributed by atoms with Gasteiger partial charge < -0.3 is 11.1 Å². The molecule has 1 amide bonds. The number of unbranched alkanes of at least 4 members (excludes halogenated alkanes) is 1. The molecule has 0 saturated heterocycles. The number of aryl methyl sites for hydroxylation is 1. The number of benzene rings is 1. The Kier molecular flexibility index (Phi) is 6.21. The van der Waals surface area contributed by atoms with Gasteiger partial charge in [-0.2, -0.15) is 0 Å². The Labute approximate surface area is 122 Å². The first kappa shape index (κ1) is 16.7. The topological polar surface area (TPSA) is 55.1 Å². The van der Waals surface area contributed by atoms with Gasteiger partial charge in [0.15, 0.2) is 0 Å². The van der Waals surface area contributed by atoms with E-state index in [9.17, 15) is 4.79 Å². The van der Waals surface area contributed by atoms with Crippen molar-refractivity contribution in [1.82, 2.24) is 5.32 Å². The predicted octanol–water partition coefficient (Wildman–Crippen LogP) is 2.91. The predicted molar refractivity (Wildman–Crippen MR) is 84.7 cm³/mol. The third-order valence-electron chi connectivity index (χ3n) is 3.87. The standard InChI is InChI=1S/C17H28N2O/c1-5-6-7-15(12-18)19-16(20)17(3,4)14-10-8-13(2)9-11-14/h8-11,15H,5-7,12,18H2,1-4H3,(H,19,20). The molecule has 1 aromatic rings. The van der Waals surface area contributed by atoms with Gasteiger partial charge in [-0.15, -0.1) is 0 Å². The molecule has 3 heteroatoms. The van der Waals surface area contributed by atoms with Crippen molar-refractivity contribution in [3.8, 4) is 0 Å². The van der Waals surface area contributed by atoms with Gasteiger partial charge >= 0.3 is 0 Å². The quantitative estimate of drug-likeness (QED) is 0.804. The highest BCUT2D eigenvalue weighted by Gasteiger charge is 2.30. The molecule has 0 aliphatic rings. The normalized spacial score (nSPS) is 13.1. The van der Waals surface area contributed by atoms with E-state index in [4.69, 9.17) is 5.73 Å². The zero-order chi connectivity index (χ0) is 15.2. The molecule has 0 aliphatic carbocycles. The molecule has 112 valence electrons. The third kappa shape index (κ3) is 4.34. The molecule has 0 fully saturated rings. The first-order chi connectivity index (χ1) is 9.41. The van der Waals surface area contributed by atoms with Gasteiger partial charge in [-0.1, -0.05) is 49.6 Å². The fraction of sp³-hybridized carbons (Fsp3) is 0.588. The summed E-state index contributed by atoms with van der Waals surface area (Å²) in [6, 6.07) is 8.22. The third-order valence-corrected chi connectivity index (χ3v) is 3.87. The summed E-state index contributed by atoms with van der Waals surface area (Å²) in [4.78, 5) is 12.5. The second-order valence-corrected chi connectivity index (χ2v) is 6.04. The maximum atomic E-state index is 12.5. The van der Waals surface area contributed by atoms with Crippen LogP contribution in [0.15, 0.2) is 24.3 Å². The van der Waals surface area contributed by atoms with Gasteiger partial charge in [0.1, 0.15) is 0 Å². The average molecular weight is 276 g/mol. The van der Waals surface area contributed by atoms with E-state index in [-0.39, 0.29) is 11.9 Å². The Hall–Kier alpha value is -1.35. The average Bonchev–Trinajstić information content (AvgIpc) is 2.43.